The van der Waals surface area contributed by atoms with E-state index in [-0.39, 0.29) is 26.5 Å². The van der Waals surface area contributed by atoms with Gasteiger partial charge in [0.25, 0.3) is 0 Å². The molecule has 4 aromatic carbocycles. The van der Waals surface area contributed by atoms with E-state index in [1.165, 1.54) is 0 Å². The maximum absolute atomic E-state index is 5.49. The molecule has 6 aromatic rings. The molecule has 0 unspecified atom stereocenters. The van der Waals surface area contributed by atoms with E-state index in [1.54, 1.807) is 0 Å². The SMILES string of the molecule is CC1(C)c2[c-]c(ccc2)C(C)(C)c2nc(cn2-c2ccccc2)C(C)(C)c2cn(-c3ccccc3)c(n2)C(C)(C)c2[c-]c1ccc2.[Pt+2]. The summed E-state index contributed by atoms with van der Waals surface area (Å²) in [5.74, 6) is 1.94. The maximum Gasteiger partial charge on any atom is 2.00 e. The van der Waals surface area contributed by atoms with Gasteiger partial charge in [0, 0.05) is 34.6 Å². The Labute approximate surface area is 294 Å². The van der Waals surface area contributed by atoms with Gasteiger partial charge in [-0.25, -0.2) is 9.97 Å². The Hall–Kier alpha value is -4.01. The van der Waals surface area contributed by atoms with Crippen molar-refractivity contribution in [3.63, 3.8) is 0 Å². The molecule has 2 aromatic heterocycles. The van der Waals surface area contributed by atoms with Gasteiger partial charge >= 0.3 is 21.1 Å². The molecule has 0 aliphatic carbocycles. The molecular formula is C42H42N4Pt. The summed E-state index contributed by atoms with van der Waals surface area (Å²) in [6.07, 6.45) is 4.42. The van der Waals surface area contributed by atoms with E-state index in [9.17, 15) is 0 Å². The fourth-order valence-electron chi connectivity index (χ4n) is 6.73. The second-order valence-electron chi connectivity index (χ2n) is 14.8. The van der Waals surface area contributed by atoms with Gasteiger partial charge in [0.1, 0.15) is 11.6 Å². The molecule has 1 aliphatic rings. The van der Waals surface area contributed by atoms with E-state index in [4.69, 9.17) is 9.97 Å². The van der Waals surface area contributed by atoms with Crippen LogP contribution in [-0.4, -0.2) is 19.1 Å². The summed E-state index contributed by atoms with van der Waals surface area (Å²) < 4.78 is 4.52. The molecule has 8 bridgehead atoms. The smallest absolute Gasteiger partial charge is 0.303 e. The van der Waals surface area contributed by atoms with E-state index in [0.29, 0.717) is 0 Å². The first kappa shape index (κ1) is 32.9. The largest absolute Gasteiger partial charge is 2.00 e. The van der Waals surface area contributed by atoms with Gasteiger partial charge in [-0.1, -0.05) is 77.9 Å². The molecule has 47 heavy (non-hydrogen) atoms. The number of benzene rings is 4. The molecule has 7 rings (SSSR count). The van der Waals surface area contributed by atoms with Crippen LogP contribution in [0.2, 0.25) is 0 Å². The Bertz CT molecular complexity index is 1900. The van der Waals surface area contributed by atoms with Crippen molar-refractivity contribution < 1.29 is 21.1 Å². The average Bonchev–Trinajstić information content (AvgIpc) is 3.73. The minimum Gasteiger partial charge on any atom is -0.303 e. The molecule has 0 saturated heterocycles. The predicted octanol–water partition coefficient (Wildman–Crippen LogP) is 9.27. The molecule has 4 nitrogen and oxygen atoms in total. The number of nitrogens with zero attached hydrogens (tertiary/aromatic N) is 4. The number of imidazole rings is 2. The Balaban J connectivity index is 0.00000386. The van der Waals surface area contributed by atoms with Crippen LogP contribution in [0.15, 0.2) is 109 Å². The van der Waals surface area contributed by atoms with E-state index in [1.807, 2.05) is 0 Å². The van der Waals surface area contributed by atoms with Crippen molar-refractivity contribution in [3.05, 3.63) is 167 Å². The van der Waals surface area contributed by atoms with Gasteiger partial charge < -0.3 is 9.13 Å². The summed E-state index contributed by atoms with van der Waals surface area (Å²) in [4.78, 5) is 11.0. The molecule has 0 atom stereocenters. The second-order valence-corrected chi connectivity index (χ2v) is 14.8. The standard InChI is InChI=1S/C42H42N4.Pt/c1-39(2)29-17-15-19-31(25-29)40(3,4)37-43-35(27-45(37)33-21-11-9-12-22-33)42(7,8)36-28-46(34-23-13-10-14-24-34)38(44-36)41(5,6)32-20-16-18-30(39)26-32;/h9-24,27-28H,1-8H3;/q-2;+2. The zero-order chi connectivity index (χ0) is 32.5. The minimum absolute atomic E-state index is 0. The molecule has 0 radical (unpaired) electrons. The van der Waals surface area contributed by atoms with Crippen molar-refractivity contribution in [1.82, 2.24) is 19.1 Å². The number of para-hydroxylation sites is 2. The monoisotopic (exact) mass is 797 g/mol. The Morgan fingerprint density at radius 2 is 0.766 bits per heavy atom. The van der Waals surface area contributed by atoms with Gasteiger partial charge in [0.2, 0.25) is 0 Å². The summed E-state index contributed by atoms with van der Waals surface area (Å²) in [5, 5.41) is 0. The van der Waals surface area contributed by atoms with E-state index in [0.717, 1.165) is 56.7 Å². The third-order valence-corrected chi connectivity index (χ3v) is 10.2. The fraction of sp³-hybridized carbons (Fsp3) is 0.286. The van der Waals surface area contributed by atoms with Crippen molar-refractivity contribution in [3.8, 4) is 11.4 Å². The first-order chi connectivity index (χ1) is 21.8. The van der Waals surface area contributed by atoms with Crippen LogP contribution in [0.4, 0.5) is 0 Å². The predicted molar refractivity (Wildman–Crippen MR) is 186 cm³/mol. The average molecular weight is 798 g/mol. The van der Waals surface area contributed by atoms with Gasteiger partial charge in [-0.15, -0.1) is 11.1 Å². The summed E-state index contributed by atoms with van der Waals surface area (Å²) in [7, 11) is 0. The molecule has 0 N–H and O–H groups in total. The van der Waals surface area contributed by atoms with E-state index in [2.05, 4.69) is 186 Å². The van der Waals surface area contributed by atoms with Gasteiger partial charge in [-0.2, -0.15) is 59.7 Å². The van der Waals surface area contributed by atoms with Crippen molar-refractivity contribution in [1.29, 1.82) is 0 Å². The quantitative estimate of drug-likeness (QED) is 0.164. The summed E-state index contributed by atoms with van der Waals surface area (Å²) in [6, 6.07) is 41.9. The molecule has 0 fully saturated rings. The summed E-state index contributed by atoms with van der Waals surface area (Å²) >= 11 is 0. The van der Waals surface area contributed by atoms with Gasteiger partial charge in [0.15, 0.2) is 0 Å². The Kier molecular flexibility index (Phi) is 8.12. The van der Waals surface area contributed by atoms with Crippen LogP contribution in [0.3, 0.4) is 0 Å². The molecule has 0 spiro atoms. The third-order valence-electron chi connectivity index (χ3n) is 10.2. The van der Waals surface area contributed by atoms with Crippen LogP contribution in [0.5, 0.6) is 0 Å². The molecule has 1 aliphatic heterocycles. The Morgan fingerprint density at radius 1 is 0.426 bits per heavy atom. The molecule has 0 saturated carbocycles. The number of fused-ring (bicyclic) bond motifs is 8. The minimum atomic E-state index is -0.494. The van der Waals surface area contributed by atoms with E-state index >= 15 is 0 Å². The van der Waals surface area contributed by atoms with Crippen LogP contribution in [0.25, 0.3) is 11.4 Å². The molecule has 0 amide bonds. The van der Waals surface area contributed by atoms with Gasteiger partial charge in [0.05, 0.1) is 16.8 Å². The van der Waals surface area contributed by atoms with Crippen LogP contribution in [0.1, 0.15) is 101 Å². The molecular weight excluding hydrogens is 756 g/mol. The van der Waals surface area contributed by atoms with Crippen LogP contribution >= 0.6 is 0 Å². The van der Waals surface area contributed by atoms with Crippen molar-refractivity contribution in [2.75, 3.05) is 0 Å². The van der Waals surface area contributed by atoms with Crippen LogP contribution < -0.4 is 0 Å². The van der Waals surface area contributed by atoms with Crippen LogP contribution in [0, 0.1) is 12.1 Å². The van der Waals surface area contributed by atoms with E-state index < -0.39 is 16.2 Å². The normalized spacial score (nSPS) is 17.0. The first-order valence-electron chi connectivity index (χ1n) is 16.2. The zero-order valence-electron chi connectivity index (χ0n) is 28.5. The zero-order valence-corrected chi connectivity index (χ0v) is 30.8. The number of hydrogen-bond donors (Lipinski definition) is 0. The fourth-order valence-corrected chi connectivity index (χ4v) is 6.73. The van der Waals surface area contributed by atoms with Crippen molar-refractivity contribution in [2.24, 2.45) is 0 Å². The topological polar surface area (TPSA) is 35.6 Å². The Morgan fingerprint density at radius 3 is 1.13 bits per heavy atom. The first-order valence-corrected chi connectivity index (χ1v) is 16.2. The second kappa shape index (κ2) is 11.6. The summed E-state index contributed by atoms with van der Waals surface area (Å²) in [6.45, 7) is 18.1. The summed E-state index contributed by atoms with van der Waals surface area (Å²) in [5.41, 5.74) is 6.83. The molecule has 5 heteroatoms. The molecule has 3 heterocycles. The number of aromatic nitrogens is 4. The van der Waals surface area contributed by atoms with Gasteiger partial charge in [-0.05, 0) is 43.5 Å². The third kappa shape index (κ3) is 5.35. The van der Waals surface area contributed by atoms with Crippen molar-refractivity contribution in [2.45, 2.75) is 77.0 Å². The van der Waals surface area contributed by atoms with Crippen LogP contribution in [-0.2, 0) is 42.7 Å². The number of rotatable bonds is 2. The van der Waals surface area contributed by atoms with Gasteiger partial charge in [-0.3, -0.25) is 0 Å². The molecule has 240 valence electrons. The maximum atomic E-state index is 5.49. The number of hydrogen-bond acceptors (Lipinski definition) is 2. The van der Waals surface area contributed by atoms with Crippen molar-refractivity contribution >= 4 is 0 Å².